The molecule has 1 rings (SSSR count). The smallest absolute Gasteiger partial charge is 0.441 e. The van der Waals surface area contributed by atoms with E-state index >= 15 is 0 Å². The SMILES string of the molecule is COc1cc(NCCSC(F)(F)F)ccc1[N+](=O)[O-]. The number of rotatable bonds is 6. The first-order valence-electron chi connectivity index (χ1n) is 5.10. The van der Waals surface area contributed by atoms with Crippen LogP contribution in [0.15, 0.2) is 18.2 Å². The lowest BCUT2D eigenvalue weighted by Gasteiger charge is -2.09. The summed E-state index contributed by atoms with van der Waals surface area (Å²) in [5.74, 6) is -0.0959. The van der Waals surface area contributed by atoms with Gasteiger partial charge in [-0.05, 0) is 17.8 Å². The molecule has 106 valence electrons. The van der Waals surface area contributed by atoms with E-state index in [1.165, 1.54) is 25.3 Å². The molecule has 0 fully saturated rings. The second-order valence-electron chi connectivity index (χ2n) is 3.36. The second-order valence-corrected chi connectivity index (χ2v) is 4.52. The predicted molar refractivity (Wildman–Crippen MR) is 66.7 cm³/mol. The highest BCUT2D eigenvalue weighted by Gasteiger charge is 2.27. The van der Waals surface area contributed by atoms with E-state index in [-0.39, 0.29) is 35.5 Å². The molecule has 1 aromatic rings. The molecule has 0 heterocycles. The van der Waals surface area contributed by atoms with Crippen molar-refractivity contribution in [3.8, 4) is 5.75 Å². The summed E-state index contributed by atoms with van der Waals surface area (Å²) in [5, 5.41) is 13.4. The first-order valence-corrected chi connectivity index (χ1v) is 6.09. The fourth-order valence-electron chi connectivity index (χ4n) is 1.30. The number of nitrogens with one attached hydrogen (secondary N) is 1. The van der Waals surface area contributed by atoms with Crippen LogP contribution < -0.4 is 10.1 Å². The Morgan fingerprint density at radius 1 is 1.47 bits per heavy atom. The summed E-state index contributed by atoms with van der Waals surface area (Å²) in [7, 11) is 1.28. The van der Waals surface area contributed by atoms with Gasteiger partial charge in [0.25, 0.3) is 0 Å². The monoisotopic (exact) mass is 296 g/mol. The molecule has 0 aliphatic rings. The van der Waals surface area contributed by atoms with Gasteiger partial charge in [0.05, 0.1) is 12.0 Å². The van der Waals surface area contributed by atoms with Crippen LogP contribution in [0.4, 0.5) is 24.5 Å². The van der Waals surface area contributed by atoms with Crippen LogP contribution in [-0.4, -0.2) is 29.8 Å². The molecule has 1 N–H and O–H groups in total. The Morgan fingerprint density at radius 2 is 2.16 bits per heavy atom. The van der Waals surface area contributed by atoms with Gasteiger partial charge in [-0.1, -0.05) is 0 Å². The van der Waals surface area contributed by atoms with Gasteiger partial charge in [0.2, 0.25) is 0 Å². The van der Waals surface area contributed by atoms with E-state index in [4.69, 9.17) is 4.74 Å². The van der Waals surface area contributed by atoms with Gasteiger partial charge in [0.1, 0.15) is 0 Å². The maximum atomic E-state index is 11.9. The van der Waals surface area contributed by atoms with Crippen molar-refractivity contribution in [2.75, 3.05) is 24.7 Å². The Kier molecular flexibility index (Phi) is 5.28. The first kappa shape index (κ1) is 15.4. The number of alkyl halides is 3. The Morgan fingerprint density at radius 3 is 2.68 bits per heavy atom. The third-order valence-electron chi connectivity index (χ3n) is 2.07. The van der Waals surface area contributed by atoms with Crippen molar-refractivity contribution in [3.05, 3.63) is 28.3 Å². The van der Waals surface area contributed by atoms with Crippen molar-refractivity contribution in [2.24, 2.45) is 0 Å². The molecule has 0 aromatic heterocycles. The molecule has 19 heavy (non-hydrogen) atoms. The number of nitro groups is 1. The van der Waals surface area contributed by atoms with Crippen molar-refractivity contribution in [2.45, 2.75) is 5.51 Å². The molecule has 0 saturated heterocycles. The third kappa shape index (κ3) is 5.25. The molecular weight excluding hydrogens is 285 g/mol. The van der Waals surface area contributed by atoms with E-state index in [0.29, 0.717) is 5.69 Å². The average molecular weight is 296 g/mol. The van der Waals surface area contributed by atoms with E-state index < -0.39 is 10.4 Å². The van der Waals surface area contributed by atoms with E-state index in [2.05, 4.69) is 5.32 Å². The van der Waals surface area contributed by atoms with Crippen LogP contribution in [-0.2, 0) is 0 Å². The Hall–Kier alpha value is -1.64. The fourth-order valence-corrected chi connectivity index (χ4v) is 1.74. The number of hydrogen-bond donors (Lipinski definition) is 1. The average Bonchev–Trinajstić information content (AvgIpc) is 2.33. The van der Waals surface area contributed by atoms with Crippen LogP contribution in [0.1, 0.15) is 0 Å². The van der Waals surface area contributed by atoms with Crippen LogP contribution in [0.3, 0.4) is 0 Å². The van der Waals surface area contributed by atoms with Gasteiger partial charge in [-0.15, -0.1) is 0 Å². The Balaban J connectivity index is 2.58. The van der Waals surface area contributed by atoms with Gasteiger partial charge in [-0.3, -0.25) is 10.1 Å². The summed E-state index contributed by atoms with van der Waals surface area (Å²) in [4.78, 5) is 10.0. The molecule has 0 atom stereocenters. The summed E-state index contributed by atoms with van der Waals surface area (Å²) >= 11 is -0.131. The number of anilines is 1. The van der Waals surface area contributed by atoms with Gasteiger partial charge >= 0.3 is 11.2 Å². The van der Waals surface area contributed by atoms with Crippen LogP contribution in [0, 0.1) is 10.1 Å². The molecule has 0 aliphatic carbocycles. The quantitative estimate of drug-likeness (QED) is 0.496. The number of methoxy groups -OCH3 is 1. The lowest BCUT2D eigenvalue weighted by molar-refractivity contribution is -0.385. The van der Waals surface area contributed by atoms with E-state index in [9.17, 15) is 23.3 Å². The molecule has 0 amide bonds. The zero-order valence-corrected chi connectivity index (χ0v) is 10.7. The third-order valence-corrected chi connectivity index (χ3v) is 2.81. The molecule has 0 aliphatic heterocycles. The van der Waals surface area contributed by atoms with Gasteiger partial charge in [-0.2, -0.15) is 13.2 Å². The second kappa shape index (κ2) is 6.50. The van der Waals surface area contributed by atoms with Gasteiger partial charge in [0, 0.05) is 30.1 Å². The summed E-state index contributed by atoms with van der Waals surface area (Å²) in [5.41, 5.74) is -3.99. The maximum Gasteiger partial charge on any atom is 0.441 e. The number of ether oxygens (including phenoxy) is 1. The van der Waals surface area contributed by atoms with E-state index in [1.807, 2.05) is 0 Å². The van der Waals surface area contributed by atoms with Gasteiger partial charge in [-0.25, -0.2) is 0 Å². The van der Waals surface area contributed by atoms with E-state index in [0.717, 1.165) is 0 Å². The molecule has 0 spiro atoms. The van der Waals surface area contributed by atoms with Gasteiger partial charge < -0.3 is 10.1 Å². The van der Waals surface area contributed by atoms with Crippen LogP contribution in [0.2, 0.25) is 0 Å². The van der Waals surface area contributed by atoms with Crippen LogP contribution >= 0.6 is 11.8 Å². The number of nitrogens with zero attached hydrogens (tertiary/aromatic N) is 1. The van der Waals surface area contributed by atoms with Crippen molar-refractivity contribution < 1.29 is 22.8 Å². The lowest BCUT2D eigenvalue weighted by atomic mass is 10.2. The minimum absolute atomic E-state index is 0.0541. The zero-order chi connectivity index (χ0) is 14.5. The molecule has 0 unspecified atom stereocenters. The van der Waals surface area contributed by atoms with Crippen molar-refractivity contribution in [1.82, 2.24) is 0 Å². The Bertz CT molecular complexity index is 454. The van der Waals surface area contributed by atoms with Crippen molar-refractivity contribution in [1.29, 1.82) is 0 Å². The summed E-state index contributed by atoms with van der Waals surface area (Å²) in [6, 6.07) is 4.02. The highest BCUT2D eigenvalue weighted by molar-refractivity contribution is 8.00. The number of hydrogen-bond acceptors (Lipinski definition) is 5. The number of halogens is 3. The molecular formula is C10H11F3N2O3S. The zero-order valence-electron chi connectivity index (χ0n) is 9.86. The van der Waals surface area contributed by atoms with E-state index in [1.54, 1.807) is 0 Å². The maximum absolute atomic E-state index is 11.9. The molecule has 1 aromatic carbocycles. The molecule has 9 heteroatoms. The molecule has 0 saturated carbocycles. The highest BCUT2D eigenvalue weighted by Crippen LogP contribution is 2.31. The standard InChI is InChI=1S/C10H11F3N2O3S/c1-18-9-6-7(2-3-8(9)15(16)17)14-4-5-19-10(11,12)13/h2-3,6,14H,4-5H2,1H3. The van der Waals surface area contributed by atoms with Crippen LogP contribution in [0.25, 0.3) is 0 Å². The van der Waals surface area contributed by atoms with Crippen molar-refractivity contribution in [3.63, 3.8) is 0 Å². The number of benzene rings is 1. The number of nitro benzene ring substituents is 1. The topological polar surface area (TPSA) is 64.4 Å². The minimum atomic E-state index is -4.26. The first-order chi connectivity index (χ1) is 8.83. The van der Waals surface area contributed by atoms with Crippen molar-refractivity contribution >= 4 is 23.1 Å². The van der Waals surface area contributed by atoms with Crippen LogP contribution in [0.5, 0.6) is 5.75 Å². The number of thioether (sulfide) groups is 1. The summed E-state index contributed by atoms with van der Waals surface area (Å²) in [6.45, 7) is 0.0884. The molecule has 5 nitrogen and oxygen atoms in total. The lowest BCUT2D eigenvalue weighted by Crippen LogP contribution is -2.09. The molecule has 0 radical (unpaired) electrons. The fraction of sp³-hybridized carbons (Fsp3) is 0.400. The summed E-state index contributed by atoms with van der Waals surface area (Å²) in [6.07, 6.45) is 0. The Labute approximate surface area is 111 Å². The summed E-state index contributed by atoms with van der Waals surface area (Å²) < 4.78 is 40.5. The molecule has 0 bridgehead atoms. The highest BCUT2D eigenvalue weighted by atomic mass is 32.2. The normalized spacial score (nSPS) is 11.2. The largest absolute Gasteiger partial charge is 0.490 e. The predicted octanol–water partition coefficient (Wildman–Crippen LogP) is 3.27. The minimum Gasteiger partial charge on any atom is -0.490 e. The van der Waals surface area contributed by atoms with Gasteiger partial charge in [0.15, 0.2) is 5.75 Å².